The van der Waals surface area contributed by atoms with Crippen LogP contribution >= 0.6 is 0 Å². The van der Waals surface area contributed by atoms with Gasteiger partial charge in [0.2, 0.25) is 0 Å². The van der Waals surface area contributed by atoms with Gasteiger partial charge in [0, 0.05) is 17.7 Å². The minimum atomic E-state index is -0.756. The average molecular weight is 291 g/mol. The molecule has 3 atom stereocenters. The first-order chi connectivity index (χ1) is 10.6. The van der Waals surface area contributed by atoms with E-state index in [1.165, 1.54) is 6.21 Å². The number of allylic oxidation sites excluding steroid dienone is 5. The Morgan fingerprint density at radius 3 is 2.59 bits per heavy atom. The predicted octanol–water partition coefficient (Wildman–Crippen LogP) is 3.40. The highest BCUT2D eigenvalue weighted by molar-refractivity contribution is 6.03. The van der Waals surface area contributed by atoms with Gasteiger partial charge in [-0.2, -0.15) is 0 Å². The van der Waals surface area contributed by atoms with E-state index in [2.05, 4.69) is 4.99 Å². The summed E-state index contributed by atoms with van der Waals surface area (Å²) in [6.45, 7) is 1.90. The van der Waals surface area contributed by atoms with Crippen LogP contribution in [0.5, 0.6) is 0 Å². The Bertz CT molecular complexity index is 712. The van der Waals surface area contributed by atoms with Crippen molar-refractivity contribution in [3.8, 4) is 0 Å². The van der Waals surface area contributed by atoms with Crippen LogP contribution in [0.25, 0.3) is 0 Å². The molecule has 1 aromatic rings. The lowest BCUT2D eigenvalue weighted by molar-refractivity contribution is -0.121. The summed E-state index contributed by atoms with van der Waals surface area (Å²) in [6, 6.07) is 9.21. The van der Waals surface area contributed by atoms with Gasteiger partial charge in [0.1, 0.15) is 0 Å². The Morgan fingerprint density at radius 2 is 1.86 bits per heavy atom. The topological polar surface area (TPSA) is 46.5 Å². The highest BCUT2D eigenvalue weighted by atomic mass is 16.1. The number of nitrogens with zero attached hydrogens (tertiary/aromatic N) is 1. The Morgan fingerprint density at radius 1 is 1.09 bits per heavy atom. The van der Waals surface area contributed by atoms with Crippen LogP contribution in [0.4, 0.5) is 0 Å². The van der Waals surface area contributed by atoms with E-state index in [-0.39, 0.29) is 17.6 Å². The van der Waals surface area contributed by atoms with Gasteiger partial charge in [-0.3, -0.25) is 9.59 Å². The molecule has 0 radical (unpaired) electrons. The maximum absolute atomic E-state index is 13.0. The average Bonchev–Trinajstić information content (AvgIpc) is 2.56. The molecule has 1 heterocycles. The molecule has 1 aliphatic heterocycles. The van der Waals surface area contributed by atoms with Crippen LogP contribution in [-0.4, -0.2) is 17.9 Å². The van der Waals surface area contributed by atoms with Crippen LogP contribution in [0, 0.1) is 17.3 Å². The fourth-order valence-corrected chi connectivity index (χ4v) is 3.10. The minimum Gasteiger partial charge on any atom is -0.293 e. The third kappa shape index (κ3) is 2.39. The van der Waals surface area contributed by atoms with Crippen LogP contribution in [0.1, 0.15) is 17.3 Å². The third-order valence-corrected chi connectivity index (χ3v) is 4.37. The molecule has 2 aliphatic rings. The summed E-state index contributed by atoms with van der Waals surface area (Å²) in [5, 5.41) is 0. The van der Waals surface area contributed by atoms with Crippen molar-refractivity contribution >= 4 is 17.9 Å². The molecule has 110 valence electrons. The zero-order chi connectivity index (χ0) is 15.6. The Balaban J connectivity index is 1.99. The van der Waals surface area contributed by atoms with Crippen molar-refractivity contribution in [1.29, 1.82) is 0 Å². The maximum Gasteiger partial charge on any atom is 0.253 e. The third-order valence-electron chi connectivity index (χ3n) is 4.37. The fraction of sp³-hybridized carbons (Fsp3) is 0.211. The molecule has 0 aromatic heterocycles. The smallest absolute Gasteiger partial charge is 0.253 e. The largest absolute Gasteiger partial charge is 0.293 e. The monoisotopic (exact) mass is 291 g/mol. The Labute approximate surface area is 129 Å². The van der Waals surface area contributed by atoms with Gasteiger partial charge in [-0.05, 0) is 13.0 Å². The molecule has 3 unspecified atom stereocenters. The van der Waals surface area contributed by atoms with Gasteiger partial charge in [0.05, 0.1) is 11.3 Å². The van der Waals surface area contributed by atoms with Gasteiger partial charge < -0.3 is 0 Å². The van der Waals surface area contributed by atoms with Gasteiger partial charge in [0.25, 0.3) is 5.91 Å². The number of hydrogen-bond donors (Lipinski definition) is 0. The summed E-state index contributed by atoms with van der Waals surface area (Å²) in [5.74, 6) is -0.802. The van der Waals surface area contributed by atoms with Gasteiger partial charge in [0.15, 0.2) is 5.78 Å². The van der Waals surface area contributed by atoms with Crippen LogP contribution < -0.4 is 0 Å². The van der Waals surface area contributed by atoms with E-state index in [1.807, 2.05) is 67.6 Å². The van der Waals surface area contributed by atoms with Crippen molar-refractivity contribution in [3.63, 3.8) is 0 Å². The number of amides is 1. The minimum absolute atomic E-state index is 0.0226. The molecule has 0 saturated carbocycles. The van der Waals surface area contributed by atoms with Crippen molar-refractivity contribution in [1.82, 2.24) is 0 Å². The number of benzene rings is 1. The van der Waals surface area contributed by atoms with Crippen molar-refractivity contribution in [2.24, 2.45) is 22.2 Å². The second-order valence-electron chi connectivity index (χ2n) is 5.77. The molecule has 0 bridgehead atoms. The van der Waals surface area contributed by atoms with Gasteiger partial charge >= 0.3 is 0 Å². The summed E-state index contributed by atoms with van der Waals surface area (Å²) < 4.78 is 0. The highest BCUT2D eigenvalue weighted by Crippen LogP contribution is 2.42. The van der Waals surface area contributed by atoms with E-state index in [0.717, 1.165) is 0 Å². The van der Waals surface area contributed by atoms with E-state index in [0.29, 0.717) is 5.56 Å². The molecule has 3 heteroatoms. The predicted molar refractivity (Wildman–Crippen MR) is 86.8 cm³/mol. The maximum atomic E-state index is 13.0. The van der Waals surface area contributed by atoms with Crippen LogP contribution in [0.15, 0.2) is 71.8 Å². The Hall–Kier alpha value is -2.55. The number of aliphatic imine (C=N–C) groups is 1. The lowest BCUT2D eigenvalue weighted by Gasteiger charge is -2.37. The van der Waals surface area contributed by atoms with Crippen molar-refractivity contribution in [3.05, 3.63) is 72.4 Å². The first-order valence-electron chi connectivity index (χ1n) is 7.33. The quantitative estimate of drug-likeness (QED) is 0.801. The molecular formula is C19H17NO2. The van der Waals surface area contributed by atoms with Crippen molar-refractivity contribution < 1.29 is 9.59 Å². The Kier molecular flexibility index (Phi) is 3.72. The van der Waals surface area contributed by atoms with E-state index in [1.54, 1.807) is 6.08 Å². The summed E-state index contributed by atoms with van der Waals surface area (Å²) in [4.78, 5) is 29.0. The van der Waals surface area contributed by atoms with Gasteiger partial charge in [-0.1, -0.05) is 60.7 Å². The summed E-state index contributed by atoms with van der Waals surface area (Å²) in [5.41, 5.74) is -0.0983. The molecule has 1 amide bonds. The molecular weight excluding hydrogens is 274 g/mol. The number of dihydropyridines is 1. The first-order valence-corrected chi connectivity index (χ1v) is 7.33. The molecule has 22 heavy (non-hydrogen) atoms. The molecule has 0 fully saturated rings. The number of hydrogen-bond acceptors (Lipinski definition) is 2. The molecule has 0 N–H and O–H groups in total. The van der Waals surface area contributed by atoms with Crippen molar-refractivity contribution in [2.75, 3.05) is 0 Å². The number of ketones is 1. The highest BCUT2D eigenvalue weighted by Gasteiger charge is 2.44. The summed E-state index contributed by atoms with van der Waals surface area (Å²) in [7, 11) is 0. The fourth-order valence-electron chi connectivity index (χ4n) is 3.10. The van der Waals surface area contributed by atoms with E-state index in [9.17, 15) is 9.59 Å². The van der Waals surface area contributed by atoms with Crippen LogP contribution in [0.3, 0.4) is 0 Å². The molecule has 1 aliphatic carbocycles. The normalized spacial score (nSPS) is 29.8. The van der Waals surface area contributed by atoms with E-state index < -0.39 is 11.3 Å². The van der Waals surface area contributed by atoms with E-state index >= 15 is 0 Å². The molecule has 3 rings (SSSR count). The van der Waals surface area contributed by atoms with Crippen LogP contribution in [0.2, 0.25) is 0 Å². The second-order valence-corrected chi connectivity index (χ2v) is 5.77. The molecule has 0 saturated heterocycles. The standard InChI is InChI=1S/C19H17NO2/c1-19(17(21)14-8-3-2-4-9-14)12-6-5-11-16(19)15-10-7-13-20-18(15)22/h2-13,15-16H,1H3. The zero-order valence-corrected chi connectivity index (χ0v) is 12.3. The number of Topliss-reactive ketones (excluding diaryl/α,β-unsaturated/α-hetero) is 1. The molecule has 1 aromatic carbocycles. The SMILES string of the molecule is CC1(C(=O)c2ccccc2)C=CC=CC1C1C=CC=NC1=O. The van der Waals surface area contributed by atoms with Crippen LogP contribution in [-0.2, 0) is 4.79 Å². The number of carbonyl (C=O) groups excluding carboxylic acids is 2. The zero-order valence-electron chi connectivity index (χ0n) is 12.3. The van der Waals surface area contributed by atoms with Crippen molar-refractivity contribution in [2.45, 2.75) is 6.92 Å². The summed E-state index contributed by atoms with van der Waals surface area (Å²) >= 11 is 0. The lowest BCUT2D eigenvalue weighted by Crippen LogP contribution is -2.40. The molecule has 3 nitrogen and oxygen atoms in total. The number of carbonyl (C=O) groups is 2. The lowest BCUT2D eigenvalue weighted by atomic mass is 9.64. The number of rotatable bonds is 3. The summed E-state index contributed by atoms with van der Waals surface area (Å²) in [6.07, 6.45) is 12.7. The second kappa shape index (κ2) is 5.68. The first kappa shape index (κ1) is 14.4. The van der Waals surface area contributed by atoms with Gasteiger partial charge in [-0.25, -0.2) is 4.99 Å². The molecule has 0 spiro atoms. The van der Waals surface area contributed by atoms with Gasteiger partial charge in [-0.15, -0.1) is 0 Å². The van der Waals surface area contributed by atoms with E-state index in [4.69, 9.17) is 0 Å².